The monoisotopic (exact) mass is 366 g/mol. The summed E-state index contributed by atoms with van der Waals surface area (Å²) in [6.07, 6.45) is 5.36. The third kappa shape index (κ3) is 3.49. The van der Waals surface area contributed by atoms with Crippen molar-refractivity contribution in [1.29, 1.82) is 10.5 Å². The van der Waals surface area contributed by atoms with Gasteiger partial charge in [0.1, 0.15) is 28.5 Å². The van der Waals surface area contributed by atoms with E-state index in [0.717, 1.165) is 36.1 Å². The van der Waals surface area contributed by atoms with Gasteiger partial charge in [-0.25, -0.2) is 0 Å². The number of nitrogens with zero attached hydrogens (tertiary/aromatic N) is 3. The third-order valence-electron chi connectivity index (χ3n) is 4.22. The lowest BCUT2D eigenvalue weighted by molar-refractivity contribution is -0.112. The normalized spacial score (nSPS) is 13.5. The number of anilines is 2. The van der Waals surface area contributed by atoms with E-state index in [0.29, 0.717) is 22.2 Å². The average Bonchev–Trinajstić information content (AvgIpc) is 3.23. The molecule has 2 aromatic rings. The molecule has 0 aromatic carbocycles. The van der Waals surface area contributed by atoms with Crippen molar-refractivity contribution in [2.24, 2.45) is 0 Å². The SMILES string of the molecule is CN(C)c1ccc(/C=C(\C#N)C(=O)Nc2sc3c(c2C#N)CCCC3)o1. The predicted molar refractivity (Wildman–Crippen MR) is 101 cm³/mol. The van der Waals surface area contributed by atoms with Gasteiger partial charge in [0.05, 0.1) is 5.56 Å². The smallest absolute Gasteiger partial charge is 0.267 e. The molecule has 0 spiro atoms. The topological polar surface area (TPSA) is 93.1 Å². The number of carbonyl (C=O) groups excluding carboxylic acids is 1. The molecule has 1 amide bonds. The molecule has 7 heteroatoms. The van der Waals surface area contributed by atoms with Crippen molar-refractivity contribution < 1.29 is 9.21 Å². The minimum absolute atomic E-state index is 0.0695. The van der Waals surface area contributed by atoms with Gasteiger partial charge in [0.15, 0.2) is 5.88 Å². The Morgan fingerprint density at radius 1 is 1.31 bits per heavy atom. The largest absolute Gasteiger partial charge is 0.441 e. The van der Waals surface area contributed by atoms with E-state index in [9.17, 15) is 15.3 Å². The second-order valence-electron chi connectivity index (χ2n) is 6.22. The Bertz CT molecular complexity index is 953. The molecule has 0 bridgehead atoms. The highest BCUT2D eigenvalue weighted by atomic mass is 32.1. The van der Waals surface area contributed by atoms with E-state index in [1.807, 2.05) is 20.2 Å². The van der Waals surface area contributed by atoms with E-state index >= 15 is 0 Å². The summed E-state index contributed by atoms with van der Waals surface area (Å²) in [5.41, 5.74) is 1.51. The molecular weight excluding hydrogens is 348 g/mol. The van der Waals surface area contributed by atoms with Crippen LogP contribution in [0.2, 0.25) is 0 Å². The van der Waals surface area contributed by atoms with Gasteiger partial charge in [0.25, 0.3) is 5.91 Å². The molecule has 0 aliphatic heterocycles. The maximum atomic E-state index is 12.5. The first kappa shape index (κ1) is 17.8. The zero-order valence-electron chi connectivity index (χ0n) is 14.6. The zero-order chi connectivity index (χ0) is 18.7. The molecule has 1 N–H and O–H groups in total. The third-order valence-corrected chi connectivity index (χ3v) is 5.42. The first-order valence-corrected chi connectivity index (χ1v) is 9.10. The number of hydrogen-bond acceptors (Lipinski definition) is 6. The molecule has 1 aliphatic carbocycles. The van der Waals surface area contributed by atoms with Gasteiger partial charge in [-0.15, -0.1) is 11.3 Å². The van der Waals surface area contributed by atoms with E-state index in [-0.39, 0.29) is 5.57 Å². The molecule has 3 rings (SSSR count). The zero-order valence-corrected chi connectivity index (χ0v) is 15.4. The van der Waals surface area contributed by atoms with Crippen LogP contribution in [0.1, 0.15) is 34.6 Å². The highest BCUT2D eigenvalue weighted by Crippen LogP contribution is 2.37. The number of rotatable bonds is 4. The summed E-state index contributed by atoms with van der Waals surface area (Å²) in [5, 5.41) is 22.1. The summed E-state index contributed by atoms with van der Waals surface area (Å²) >= 11 is 1.44. The lowest BCUT2D eigenvalue weighted by atomic mass is 9.96. The number of fused-ring (bicyclic) bond motifs is 1. The Morgan fingerprint density at radius 3 is 2.73 bits per heavy atom. The van der Waals surface area contributed by atoms with Gasteiger partial charge in [-0.05, 0) is 37.3 Å². The van der Waals surface area contributed by atoms with Crippen LogP contribution in [0, 0.1) is 22.7 Å². The van der Waals surface area contributed by atoms with Crippen molar-refractivity contribution in [1.82, 2.24) is 0 Å². The van der Waals surface area contributed by atoms with Gasteiger partial charge >= 0.3 is 0 Å². The minimum Gasteiger partial charge on any atom is -0.441 e. The lowest BCUT2D eigenvalue weighted by Crippen LogP contribution is -2.13. The molecule has 0 saturated heterocycles. The fourth-order valence-corrected chi connectivity index (χ4v) is 4.13. The van der Waals surface area contributed by atoms with Gasteiger partial charge in [0, 0.05) is 31.1 Å². The van der Waals surface area contributed by atoms with Crippen LogP contribution >= 0.6 is 11.3 Å². The molecule has 0 saturated carbocycles. The molecular formula is C19H18N4O2S. The molecule has 132 valence electrons. The Morgan fingerprint density at radius 2 is 2.08 bits per heavy atom. The Hall–Kier alpha value is -3.03. The quantitative estimate of drug-likeness (QED) is 0.658. The fraction of sp³-hybridized carbons (Fsp3) is 0.316. The van der Waals surface area contributed by atoms with Crippen molar-refractivity contribution in [3.8, 4) is 12.1 Å². The van der Waals surface area contributed by atoms with Gasteiger partial charge in [-0.1, -0.05) is 0 Å². The van der Waals surface area contributed by atoms with Crippen molar-refractivity contribution in [2.45, 2.75) is 25.7 Å². The molecule has 1 aliphatic rings. The molecule has 0 unspecified atom stereocenters. The van der Waals surface area contributed by atoms with E-state index in [4.69, 9.17) is 4.42 Å². The number of thiophene rings is 1. The van der Waals surface area contributed by atoms with Gasteiger partial charge in [-0.2, -0.15) is 10.5 Å². The van der Waals surface area contributed by atoms with Gasteiger partial charge < -0.3 is 14.6 Å². The number of furan rings is 1. The molecule has 2 aromatic heterocycles. The molecule has 0 fully saturated rings. The van der Waals surface area contributed by atoms with Crippen LogP contribution in [0.25, 0.3) is 6.08 Å². The van der Waals surface area contributed by atoms with Crippen LogP contribution in [0.3, 0.4) is 0 Å². The Balaban J connectivity index is 1.84. The first-order valence-electron chi connectivity index (χ1n) is 8.28. The van der Waals surface area contributed by atoms with Gasteiger partial charge in [-0.3, -0.25) is 4.79 Å². The Labute approximate surface area is 155 Å². The van der Waals surface area contributed by atoms with Crippen LogP contribution in [0.4, 0.5) is 10.9 Å². The summed E-state index contributed by atoms with van der Waals surface area (Å²) in [4.78, 5) is 15.5. The predicted octanol–water partition coefficient (Wildman–Crippen LogP) is 3.70. The van der Waals surface area contributed by atoms with E-state index in [1.54, 1.807) is 17.0 Å². The number of amides is 1. The lowest BCUT2D eigenvalue weighted by Gasteiger charge is -2.09. The number of hydrogen-bond donors (Lipinski definition) is 1. The summed E-state index contributed by atoms with van der Waals surface area (Å²) < 4.78 is 5.56. The summed E-state index contributed by atoms with van der Waals surface area (Å²) in [5.74, 6) is 0.517. The van der Waals surface area contributed by atoms with Crippen LogP contribution in [0.5, 0.6) is 0 Å². The maximum Gasteiger partial charge on any atom is 0.267 e. The van der Waals surface area contributed by atoms with Crippen LogP contribution in [-0.4, -0.2) is 20.0 Å². The minimum atomic E-state index is -0.537. The van der Waals surface area contributed by atoms with Crippen LogP contribution in [-0.2, 0) is 17.6 Å². The first-order chi connectivity index (χ1) is 12.5. The highest BCUT2D eigenvalue weighted by Gasteiger charge is 2.22. The molecule has 26 heavy (non-hydrogen) atoms. The van der Waals surface area contributed by atoms with E-state index in [1.165, 1.54) is 17.4 Å². The number of nitrogens with one attached hydrogen (secondary N) is 1. The highest BCUT2D eigenvalue weighted by molar-refractivity contribution is 7.16. The maximum absolute atomic E-state index is 12.5. The average molecular weight is 366 g/mol. The van der Waals surface area contributed by atoms with Crippen molar-refractivity contribution in [2.75, 3.05) is 24.3 Å². The summed E-state index contributed by atoms with van der Waals surface area (Å²) in [6, 6.07) is 7.57. The van der Waals surface area contributed by atoms with Gasteiger partial charge in [0.2, 0.25) is 0 Å². The molecule has 6 nitrogen and oxygen atoms in total. The molecule has 0 atom stereocenters. The van der Waals surface area contributed by atoms with E-state index < -0.39 is 5.91 Å². The number of nitriles is 2. The van der Waals surface area contributed by atoms with Crippen molar-refractivity contribution >= 4 is 34.2 Å². The standard InChI is InChI=1S/C19H18N4O2S/c1-23(2)17-8-7-13(25-17)9-12(10-20)18(24)22-19-15(11-21)14-5-3-4-6-16(14)26-19/h7-9H,3-6H2,1-2H3,(H,22,24)/b12-9+. The fourth-order valence-electron chi connectivity index (χ4n) is 2.89. The summed E-state index contributed by atoms with van der Waals surface area (Å²) in [6.45, 7) is 0. The van der Waals surface area contributed by atoms with Crippen molar-refractivity contribution in [3.63, 3.8) is 0 Å². The second kappa shape index (κ2) is 7.47. The number of aryl methyl sites for hydroxylation is 1. The Kier molecular flexibility index (Phi) is 5.11. The van der Waals surface area contributed by atoms with Crippen LogP contribution < -0.4 is 10.2 Å². The van der Waals surface area contributed by atoms with E-state index in [2.05, 4.69) is 11.4 Å². The molecule has 2 heterocycles. The summed E-state index contributed by atoms with van der Waals surface area (Å²) in [7, 11) is 3.68. The van der Waals surface area contributed by atoms with Crippen molar-refractivity contribution in [3.05, 3.63) is 39.5 Å². The second-order valence-corrected chi connectivity index (χ2v) is 7.33. The number of carbonyl (C=O) groups is 1. The van der Waals surface area contributed by atoms with Crippen LogP contribution in [0.15, 0.2) is 22.1 Å². The molecule has 0 radical (unpaired) electrons.